The maximum Gasteiger partial charge on any atom is 0.222 e. The second-order valence-electron chi connectivity index (χ2n) is 5.28. The van der Waals surface area contributed by atoms with Gasteiger partial charge in [-0.25, -0.2) is 9.97 Å². The van der Waals surface area contributed by atoms with Gasteiger partial charge in [0.05, 0.1) is 5.92 Å². The molecule has 2 N–H and O–H groups in total. The summed E-state index contributed by atoms with van der Waals surface area (Å²) < 4.78 is 5.33. The lowest BCUT2D eigenvalue weighted by atomic mass is 9.93. The molecule has 0 aromatic carbocycles. The smallest absolute Gasteiger partial charge is 0.222 e. The summed E-state index contributed by atoms with van der Waals surface area (Å²) in [6.07, 6.45) is 1.72. The van der Waals surface area contributed by atoms with Gasteiger partial charge in [-0.05, 0) is 26.7 Å². The van der Waals surface area contributed by atoms with E-state index in [0.29, 0.717) is 30.7 Å². The molecule has 1 amide bonds. The van der Waals surface area contributed by atoms with Crippen LogP contribution in [0, 0.1) is 5.92 Å². The van der Waals surface area contributed by atoms with Gasteiger partial charge in [0.15, 0.2) is 5.82 Å². The minimum absolute atomic E-state index is 0.148. The molecule has 2 atom stereocenters. The first-order valence-corrected chi connectivity index (χ1v) is 7.56. The number of halogens is 1. The van der Waals surface area contributed by atoms with E-state index in [-0.39, 0.29) is 17.9 Å². The van der Waals surface area contributed by atoms with E-state index in [0.717, 1.165) is 18.7 Å². The summed E-state index contributed by atoms with van der Waals surface area (Å²) in [5.74, 6) is 0.864. The first-order chi connectivity index (χ1) is 10.0. The van der Waals surface area contributed by atoms with Gasteiger partial charge >= 0.3 is 0 Å². The molecule has 21 heavy (non-hydrogen) atoms. The Labute approximate surface area is 129 Å². The van der Waals surface area contributed by atoms with E-state index in [1.807, 2.05) is 6.92 Å². The molecule has 1 aliphatic rings. The number of rotatable bonds is 5. The van der Waals surface area contributed by atoms with Crippen LogP contribution in [0.15, 0.2) is 6.07 Å². The maximum absolute atomic E-state index is 11.4. The van der Waals surface area contributed by atoms with Crippen molar-refractivity contribution in [3.05, 3.63) is 17.0 Å². The van der Waals surface area contributed by atoms with Crippen molar-refractivity contribution in [1.29, 1.82) is 0 Å². The van der Waals surface area contributed by atoms with Crippen LogP contribution >= 0.6 is 11.6 Å². The summed E-state index contributed by atoms with van der Waals surface area (Å²) in [4.78, 5) is 22.1. The molecule has 1 aliphatic heterocycles. The molecule has 1 fully saturated rings. The van der Waals surface area contributed by atoms with E-state index >= 15 is 0 Å². The number of nitrogens with two attached hydrogens (primary N) is 1. The van der Waals surface area contributed by atoms with Crippen molar-refractivity contribution < 1.29 is 9.53 Å². The van der Waals surface area contributed by atoms with Crippen molar-refractivity contribution in [2.75, 3.05) is 18.1 Å². The highest BCUT2D eigenvalue weighted by atomic mass is 35.5. The number of amides is 1. The van der Waals surface area contributed by atoms with E-state index in [9.17, 15) is 4.79 Å². The first-order valence-electron chi connectivity index (χ1n) is 7.18. The fourth-order valence-electron chi connectivity index (χ4n) is 2.52. The van der Waals surface area contributed by atoms with Crippen LogP contribution in [0.25, 0.3) is 0 Å². The van der Waals surface area contributed by atoms with Gasteiger partial charge in [-0.3, -0.25) is 4.79 Å². The summed E-state index contributed by atoms with van der Waals surface area (Å²) >= 11 is 6.07. The second-order valence-corrected chi connectivity index (χ2v) is 5.67. The van der Waals surface area contributed by atoms with Crippen molar-refractivity contribution >= 4 is 23.3 Å². The van der Waals surface area contributed by atoms with E-state index in [4.69, 9.17) is 22.1 Å². The summed E-state index contributed by atoms with van der Waals surface area (Å²) in [6, 6.07) is 2.00. The average Bonchev–Trinajstić information content (AvgIpc) is 2.44. The highest BCUT2D eigenvalue weighted by molar-refractivity contribution is 6.29. The van der Waals surface area contributed by atoms with E-state index < -0.39 is 0 Å². The number of carbonyl (C=O) groups is 1. The molecule has 0 spiro atoms. The molecule has 0 saturated carbocycles. The van der Waals surface area contributed by atoms with Crippen molar-refractivity contribution in [1.82, 2.24) is 9.97 Å². The maximum atomic E-state index is 11.4. The third-order valence-corrected chi connectivity index (χ3v) is 3.94. The largest absolute Gasteiger partial charge is 0.374 e. The lowest BCUT2D eigenvalue weighted by molar-refractivity contribution is -0.122. The van der Waals surface area contributed by atoms with E-state index in [1.165, 1.54) is 0 Å². The fourth-order valence-corrected chi connectivity index (χ4v) is 2.71. The number of hydrogen-bond acceptors (Lipinski definition) is 5. The summed E-state index contributed by atoms with van der Waals surface area (Å²) in [6.45, 7) is 5.50. The Morgan fingerprint density at radius 1 is 1.52 bits per heavy atom. The van der Waals surface area contributed by atoms with Crippen LogP contribution in [0.1, 0.15) is 32.5 Å². The van der Waals surface area contributed by atoms with Gasteiger partial charge < -0.3 is 15.4 Å². The number of nitrogens with zero attached hydrogens (tertiary/aromatic N) is 3. The Morgan fingerprint density at radius 2 is 2.29 bits per heavy atom. The highest BCUT2D eigenvalue weighted by Crippen LogP contribution is 2.27. The molecule has 0 aliphatic carbocycles. The minimum Gasteiger partial charge on any atom is -0.374 e. The van der Waals surface area contributed by atoms with Gasteiger partial charge in [-0.2, -0.15) is 0 Å². The Balaban J connectivity index is 2.22. The van der Waals surface area contributed by atoms with Crippen molar-refractivity contribution in [2.45, 2.75) is 39.3 Å². The van der Waals surface area contributed by atoms with Crippen LogP contribution < -0.4 is 10.6 Å². The van der Waals surface area contributed by atoms with Crippen LogP contribution in [0.2, 0.25) is 5.15 Å². The van der Waals surface area contributed by atoms with Crippen LogP contribution in [0.3, 0.4) is 0 Å². The minimum atomic E-state index is -0.262. The monoisotopic (exact) mass is 312 g/mol. The number of carbonyl (C=O) groups excluding carboxylic acids is 1. The van der Waals surface area contributed by atoms with E-state index in [2.05, 4.69) is 21.8 Å². The number of ether oxygens (including phenoxy) is 1. The zero-order valence-corrected chi connectivity index (χ0v) is 13.1. The van der Waals surface area contributed by atoms with Gasteiger partial charge in [-0.1, -0.05) is 11.6 Å². The number of primary amides is 1. The van der Waals surface area contributed by atoms with Crippen LogP contribution in [0.4, 0.5) is 5.82 Å². The third kappa shape index (κ3) is 4.04. The van der Waals surface area contributed by atoms with Crippen molar-refractivity contribution in [3.8, 4) is 0 Å². The molecular weight excluding hydrogens is 292 g/mol. The number of piperidine rings is 1. The topological polar surface area (TPSA) is 81.3 Å². The number of hydrogen-bond donors (Lipinski definition) is 1. The Morgan fingerprint density at radius 3 is 2.95 bits per heavy atom. The zero-order valence-electron chi connectivity index (χ0n) is 12.4. The normalized spacial score (nSPS) is 22.3. The molecule has 2 heterocycles. The van der Waals surface area contributed by atoms with Gasteiger partial charge in [0, 0.05) is 25.3 Å². The standard InChI is InChI=1S/C14H21ClN4O2/c1-3-21-8-12-17-11(15)6-13(18-12)19-7-10(14(16)20)5-4-9(19)2/h6,9-10H,3-5,7-8H2,1-2H3,(H2,16,20). The summed E-state index contributed by atoms with van der Waals surface area (Å²) in [5, 5.41) is 0.378. The van der Waals surface area contributed by atoms with Gasteiger partial charge in [-0.15, -0.1) is 0 Å². The predicted molar refractivity (Wildman–Crippen MR) is 81.1 cm³/mol. The van der Waals surface area contributed by atoms with E-state index in [1.54, 1.807) is 6.07 Å². The average molecular weight is 313 g/mol. The molecule has 6 nitrogen and oxygen atoms in total. The Hall–Kier alpha value is -1.40. The Bertz CT molecular complexity index is 512. The van der Waals surface area contributed by atoms with Crippen molar-refractivity contribution in [3.63, 3.8) is 0 Å². The summed E-state index contributed by atoms with van der Waals surface area (Å²) in [7, 11) is 0. The quantitative estimate of drug-likeness (QED) is 0.838. The molecular formula is C14H21ClN4O2. The molecule has 116 valence electrons. The molecule has 1 aromatic heterocycles. The predicted octanol–water partition coefficient (Wildman–Crippen LogP) is 1.76. The molecule has 0 bridgehead atoms. The van der Waals surface area contributed by atoms with Crippen LogP contribution in [-0.4, -0.2) is 35.1 Å². The van der Waals surface area contributed by atoms with Crippen molar-refractivity contribution in [2.24, 2.45) is 11.7 Å². The highest BCUT2D eigenvalue weighted by Gasteiger charge is 2.29. The Kier molecular flexibility index (Phi) is 5.36. The zero-order chi connectivity index (χ0) is 15.4. The fraction of sp³-hybridized carbons (Fsp3) is 0.643. The molecule has 1 saturated heterocycles. The van der Waals surface area contributed by atoms with Crippen LogP contribution in [0.5, 0.6) is 0 Å². The summed E-state index contributed by atoms with van der Waals surface area (Å²) in [5.41, 5.74) is 5.43. The molecule has 2 rings (SSSR count). The van der Waals surface area contributed by atoms with Gasteiger partial charge in [0.2, 0.25) is 5.91 Å². The first kappa shape index (κ1) is 16.0. The molecule has 1 aromatic rings. The lowest BCUT2D eigenvalue weighted by Crippen LogP contribution is -2.46. The molecule has 7 heteroatoms. The number of aromatic nitrogens is 2. The number of anilines is 1. The SMILES string of the molecule is CCOCc1nc(Cl)cc(N2CC(C(N)=O)CCC2C)n1. The van der Waals surface area contributed by atoms with Crippen LogP contribution in [-0.2, 0) is 16.1 Å². The second kappa shape index (κ2) is 7.04. The van der Waals surface area contributed by atoms with Gasteiger partial charge in [0.25, 0.3) is 0 Å². The third-order valence-electron chi connectivity index (χ3n) is 3.74. The van der Waals surface area contributed by atoms with Gasteiger partial charge in [0.1, 0.15) is 17.6 Å². The lowest BCUT2D eigenvalue weighted by Gasteiger charge is -2.37. The molecule has 2 unspecified atom stereocenters. The molecule has 0 radical (unpaired) electrons.